The number of nitrogens with zero attached hydrogens (tertiary/aromatic N) is 1. The number of carbonyl (C=O) groups is 2. The molecular weight excluding hydrogens is 414 g/mol. The highest BCUT2D eigenvalue weighted by molar-refractivity contribution is 7.89. The van der Waals surface area contributed by atoms with Crippen LogP contribution in [-0.4, -0.2) is 37.1 Å². The number of hydrazine groups is 1. The maximum absolute atomic E-state index is 12.5. The molecule has 0 saturated heterocycles. The van der Waals surface area contributed by atoms with E-state index in [1.54, 1.807) is 54.7 Å². The van der Waals surface area contributed by atoms with Crippen molar-refractivity contribution in [3.05, 3.63) is 90.2 Å². The van der Waals surface area contributed by atoms with Crippen molar-refractivity contribution in [3.63, 3.8) is 0 Å². The van der Waals surface area contributed by atoms with Crippen LogP contribution in [0.1, 0.15) is 10.4 Å². The van der Waals surface area contributed by atoms with Crippen LogP contribution in [0.4, 0.5) is 0 Å². The summed E-state index contributed by atoms with van der Waals surface area (Å²) in [6.07, 6.45) is 4.63. The number of rotatable bonds is 7. The fraction of sp³-hybridized carbons (Fsp3) is 0.100. The zero-order chi connectivity index (χ0) is 20.9. The molecule has 2 aromatic rings. The van der Waals surface area contributed by atoms with E-state index in [0.717, 1.165) is 0 Å². The normalized spacial score (nSPS) is 16.2. The summed E-state index contributed by atoms with van der Waals surface area (Å²) in [5.74, 6) is -0.877. The van der Waals surface area contributed by atoms with Gasteiger partial charge in [0.15, 0.2) is 5.78 Å². The molecule has 1 unspecified atom stereocenters. The summed E-state index contributed by atoms with van der Waals surface area (Å²) < 4.78 is 24.4. The Morgan fingerprint density at radius 2 is 1.62 bits per heavy atom. The predicted molar refractivity (Wildman–Crippen MR) is 109 cm³/mol. The van der Waals surface area contributed by atoms with Crippen LogP contribution >= 0.6 is 11.6 Å². The number of hydrogen-bond acceptors (Lipinski definition) is 5. The number of ketones is 1. The molecule has 1 amide bonds. The fourth-order valence-electron chi connectivity index (χ4n) is 2.63. The lowest BCUT2D eigenvalue weighted by molar-refractivity contribution is -0.118. The monoisotopic (exact) mass is 431 g/mol. The molecule has 2 N–H and O–H groups in total. The number of carbonyl (C=O) groups excluding carboxylic acids is 2. The summed E-state index contributed by atoms with van der Waals surface area (Å²) in [6, 6.07) is 16.3. The summed E-state index contributed by atoms with van der Waals surface area (Å²) in [4.78, 5) is 28.4. The van der Waals surface area contributed by atoms with Gasteiger partial charge in [-0.3, -0.25) is 15.0 Å². The van der Waals surface area contributed by atoms with Gasteiger partial charge in [-0.2, -0.15) is 0 Å². The summed E-state index contributed by atoms with van der Waals surface area (Å²) in [5, 5.41) is 0. The third-order valence-corrected chi connectivity index (χ3v) is 5.89. The Morgan fingerprint density at radius 1 is 1.00 bits per heavy atom. The molecule has 0 spiro atoms. The fourth-order valence-corrected chi connectivity index (χ4v) is 3.80. The maximum Gasteiger partial charge on any atom is 0.265 e. The number of alkyl halides is 1. The van der Waals surface area contributed by atoms with E-state index in [4.69, 9.17) is 11.6 Å². The smallest absolute Gasteiger partial charge is 0.265 e. The van der Waals surface area contributed by atoms with Gasteiger partial charge in [-0.25, -0.2) is 8.42 Å². The Kier molecular flexibility index (Phi) is 6.48. The molecule has 2 aromatic carbocycles. The van der Waals surface area contributed by atoms with Crippen molar-refractivity contribution >= 4 is 33.3 Å². The first-order valence-electron chi connectivity index (χ1n) is 8.62. The Hall–Kier alpha value is -2.94. The van der Waals surface area contributed by atoms with Crippen LogP contribution in [0.5, 0.6) is 0 Å². The van der Waals surface area contributed by atoms with Crippen LogP contribution in [0.3, 0.4) is 0 Å². The minimum atomic E-state index is -3.92. The first-order valence-corrected chi connectivity index (χ1v) is 10.5. The predicted octanol–water partition coefficient (Wildman–Crippen LogP) is 2.20. The first kappa shape index (κ1) is 20.8. The third kappa shape index (κ3) is 5.11. The average Bonchev–Trinajstić information content (AvgIpc) is 2.75. The molecule has 1 aliphatic rings. The van der Waals surface area contributed by atoms with Gasteiger partial charge in [0, 0.05) is 11.8 Å². The molecule has 1 atom stereocenters. The van der Waals surface area contributed by atoms with Gasteiger partial charge in [0.2, 0.25) is 0 Å². The summed E-state index contributed by atoms with van der Waals surface area (Å²) in [5.41, 5.74) is 1.85. The molecule has 9 heteroatoms. The number of sulfonamides is 1. The van der Waals surface area contributed by atoms with Crippen LogP contribution in [-0.2, 0) is 14.8 Å². The minimum Gasteiger partial charge on any atom is -0.350 e. The lowest BCUT2D eigenvalue weighted by atomic mass is 10.1. The van der Waals surface area contributed by atoms with E-state index in [-0.39, 0.29) is 22.8 Å². The van der Waals surface area contributed by atoms with Crippen molar-refractivity contribution in [2.45, 2.75) is 10.4 Å². The second kappa shape index (κ2) is 9.04. The van der Waals surface area contributed by atoms with Gasteiger partial charge in [0.25, 0.3) is 15.9 Å². The number of Topliss-reactive ketones (excluding diaryl/α,β-unsaturated/α-hetero) is 1. The molecule has 150 valence electrons. The average molecular weight is 432 g/mol. The summed E-state index contributed by atoms with van der Waals surface area (Å²) in [6.45, 7) is -0.0327. The zero-order valence-corrected chi connectivity index (χ0v) is 16.7. The van der Waals surface area contributed by atoms with Crippen LogP contribution in [0, 0.1) is 0 Å². The maximum atomic E-state index is 12.5. The van der Waals surface area contributed by atoms with E-state index < -0.39 is 21.4 Å². The number of amides is 1. The molecule has 0 fully saturated rings. The van der Waals surface area contributed by atoms with Gasteiger partial charge in [-0.1, -0.05) is 60.1 Å². The molecule has 29 heavy (non-hydrogen) atoms. The topological polar surface area (TPSA) is 95.6 Å². The van der Waals surface area contributed by atoms with Gasteiger partial charge in [-0.05, 0) is 24.3 Å². The molecular formula is C20H18ClN3O4S. The second-order valence-corrected chi connectivity index (χ2v) is 8.23. The van der Waals surface area contributed by atoms with Crippen molar-refractivity contribution in [1.29, 1.82) is 0 Å². The van der Waals surface area contributed by atoms with Gasteiger partial charge in [0.05, 0.1) is 17.0 Å². The number of hydrogen-bond donors (Lipinski definition) is 2. The quantitative estimate of drug-likeness (QED) is 0.303. The van der Waals surface area contributed by atoms with Gasteiger partial charge < -0.3 is 4.90 Å². The number of halogens is 1. The van der Waals surface area contributed by atoms with Crippen molar-refractivity contribution in [2.75, 3.05) is 6.54 Å². The zero-order valence-electron chi connectivity index (χ0n) is 15.2. The summed E-state index contributed by atoms with van der Waals surface area (Å²) in [7, 11) is -3.92. The highest BCUT2D eigenvalue weighted by Crippen LogP contribution is 2.21. The molecule has 0 radical (unpaired) electrons. The van der Waals surface area contributed by atoms with Crippen molar-refractivity contribution < 1.29 is 18.0 Å². The van der Waals surface area contributed by atoms with E-state index in [9.17, 15) is 18.0 Å². The van der Waals surface area contributed by atoms with E-state index in [2.05, 4.69) is 5.43 Å². The van der Waals surface area contributed by atoms with Crippen molar-refractivity contribution in [3.8, 4) is 0 Å². The number of allylic oxidation sites excluding steroid dienone is 2. The van der Waals surface area contributed by atoms with Gasteiger partial charge in [0.1, 0.15) is 5.50 Å². The van der Waals surface area contributed by atoms with Crippen LogP contribution in [0.25, 0.3) is 0 Å². The van der Waals surface area contributed by atoms with E-state index >= 15 is 0 Å². The molecule has 0 saturated carbocycles. The lowest BCUT2D eigenvalue weighted by Crippen LogP contribution is -2.46. The van der Waals surface area contributed by atoms with E-state index in [0.29, 0.717) is 5.56 Å². The first-order chi connectivity index (χ1) is 13.9. The molecule has 0 aromatic heterocycles. The van der Waals surface area contributed by atoms with Crippen molar-refractivity contribution in [2.24, 2.45) is 0 Å². The second-order valence-electron chi connectivity index (χ2n) is 6.13. The number of benzene rings is 2. The Balaban J connectivity index is 1.63. The Labute approximate surface area is 173 Å². The minimum absolute atomic E-state index is 0.00956. The number of nitrogens with one attached hydrogen (secondary N) is 2. The SMILES string of the molecule is O=C(NNS(=O)(=O)c1ccccc1)C1=CC=CN(CC(=O)c2ccccc2)C1Cl. The molecule has 1 heterocycles. The van der Waals surface area contributed by atoms with Crippen LogP contribution in [0.2, 0.25) is 0 Å². The molecule has 3 rings (SSSR count). The van der Waals surface area contributed by atoms with Crippen LogP contribution < -0.4 is 10.3 Å². The van der Waals surface area contributed by atoms with E-state index in [1.165, 1.54) is 23.1 Å². The van der Waals surface area contributed by atoms with Crippen molar-refractivity contribution in [1.82, 2.24) is 15.2 Å². The third-order valence-electron chi connectivity index (χ3n) is 4.14. The molecule has 0 bridgehead atoms. The lowest BCUT2D eigenvalue weighted by Gasteiger charge is -2.29. The highest BCUT2D eigenvalue weighted by Gasteiger charge is 2.27. The van der Waals surface area contributed by atoms with Gasteiger partial charge >= 0.3 is 0 Å². The molecule has 1 aliphatic heterocycles. The highest BCUT2D eigenvalue weighted by atomic mass is 35.5. The summed E-state index contributed by atoms with van der Waals surface area (Å²) >= 11 is 6.36. The van der Waals surface area contributed by atoms with Crippen LogP contribution in [0.15, 0.2) is 89.5 Å². The molecule has 7 nitrogen and oxygen atoms in total. The largest absolute Gasteiger partial charge is 0.350 e. The standard InChI is InChI=1S/C20H18ClN3O4S/c21-19-17(20(26)22-23-29(27,28)16-10-5-2-6-11-16)12-7-13-24(19)14-18(25)15-8-3-1-4-9-15/h1-13,19,23H,14H2,(H,22,26). The van der Waals surface area contributed by atoms with Gasteiger partial charge in [-0.15, -0.1) is 4.83 Å². The van der Waals surface area contributed by atoms with E-state index in [1.807, 2.05) is 10.9 Å². The Morgan fingerprint density at radius 3 is 2.28 bits per heavy atom. The molecule has 0 aliphatic carbocycles. The Bertz CT molecular complexity index is 1050.